The molecule has 0 amide bonds. The second-order valence-electron chi connectivity index (χ2n) is 6.76. The zero-order chi connectivity index (χ0) is 17.9. The Labute approximate surface area is 164 Å². The van der Waals surface area contributed by atoms with Crippen molar-refractivity contribution in [3.63, 3.8) is 0 Å². The highest BCUT2D eigenvalue weighted by molar-refractivity contribution is 5.85. The third-order valence-corrected chi connectivity index (χ3v) is 4.87. The first-order valence-corrected chi connectivity index (χ1v) is 8.89. The van der Waals surface area contributed by atoms with Crippen LogP contribution in [0.15, 0.2) is 67.0 Å². The molecule has 2 N–H and O–H groups in total. The van der Waals surface area contributed by atoms with Crippen LogP contribution in [0.5, 0.6) is 5.75 Å². The summed E-state index contributed by atoms with van der Waals surface area (Å²) in [6.45, 7) is 0. The molecule has 1 aromatic heterocycles. The minimum atomic E-state index is -0.241. The largest absolute Gasteiger partial charge is 0.489 e. The van der Waals surface area contributed by atoms with Crippen molar-refractivity contribution in [3.8, 4) is 16.9 Å². The maximum absolute atomic E-state index is 13.1. The predicted molar refractivity (Wildman–Crippen MR) is 108 cm³/mol. The molecule has 0 aliphatic carbocycles. The fourth-order valence-corrected chi connectivity index (χ4v) is 3.45. The molecule has 0 saturated heterocycles. The minimum Gasteiger partial charge on any atom is -0.489 e. The van der Waals surface area contributed by atoms with E-state index in [2.05, 4.69) is 17.1 Å². The Balaban J connectivity index is 0.00000210. The van der Waals surface area contributed by atoms with Crippen molar-refractivity contribution in [1.29, 1.82) is 0 Å². The van der Waals surface area contributed by atoms with Crippen molar-refractivity contribution in [3.05, 3.63) is 83.9 Å². The van der Waals surface area contributed by atoms with Crippen LogP contribution >= 0.6 is 12.4 Å². The van der Waals surface area contributed by atoms with E-state index in [0.29, 0.717) is 6.42 Å². The number of fused-ring (bicyclic) bond motifs is 1. The molecular formula is C22H22ClFN2O. The molecule has 0 bridgehead atoms. The quantitative estimate of drug-likeness (QED) is 0.716. The lowest BCUT2D eigenvalue weighted by molar-refractivity contribution is 0.144. The number of ether oxygens (including phenoxy) is 1. The summed E-state index contributed by atoms with van der Waals surface area (Å²) in [4.78, 5) is 4.33. The van der Waals surface area contributed by atoms with Gasteiger partial charge in [-0.3, -0.25) is 4.98 Å². The summed E-state index contributed by atoms with van der Waals surface area (Å²) in [6, 6.07) is 16.5. The summed E-state index contributed by atoms with van der Waals surface area (Å²) in [5, 5.41) is 0. The number of hydrogen-bond donors (Lipinski definition) is 1. The Kier molecular flexibility index (Phi) is 6.09. The highest BCUT2D eigenvalue weighted by atomic mass is 35.5. The normalized spacial score (nSPS) is 16.6. The molecule has 1 aliphatic heterocycles. The molecule has 3 nitrogen and oxygen atoms in total. The molecule has 1 unspecified atom stereocenters. The molecule has 0 spiro atoms. The van der Waals surface area contributed by atoms with Gasteiger partial charge in [-0.1, -0.05) is 30.3 Å². The number of halogens is 2. The van der Waals surface area contributed by atoms with Crippen molar-refractivity contribution >= 4 is 12.4 Å². The van der Waals surface area contributed by atoms with Gasteiger partial charge in [0, 0.05) is 24.0 Å². The standard InChI is InChI=1S/C22H21FN2O.ClH/c23-19-8-5-16(6-9-19)18-11-15(13-25-14-18)12-20(24)22-10-7-17-3-1-2-4-21(17)26-22;/h1-6,8-9,11,13-14,20,22H,7,10,12,24H2;1H/t20?,22-;/m0./s1. The number of hydrogen-bond acceptors (Lipinski definition) is 3. The second-order valence-corrected chi connectivity index (χ2v) is 6.76. The molecule has 27 heavy (non-hydrogen) atoms. The summed E-state index contributed by atoms with van der Waals surface area (Å²) >= 11 is 0. The summed E-state index contributed by atoms with van der Waals surface area (Å²) in [5.74, 6) is 0.701. The van der Waals surface area contributed by atoms with Crippen LogP contribution in [0.25, 0.3) is 11.1 Å². The Morgan fingerprint density at radius 1 is 1.07 bits per heavy atom. The van der Waals surface area contributed by atoms with Gasteiger partial charge in [0.2, 0.25) is 0 Å². The fourth-order valence-electron chi connectivity index (χ4n) is 3.45. The Morgan fingerprint density at radius 2 is 1.85 bits per heavy atom. The third kappa shape index (κ3) is 4.46. The van der Waals surface area contributed by atoms with Crippen molar-refractivity contribution in [1.82, 2.24) is 4.98 Å². The van der Waals surface area contributed by atoms with E-state index in [-0.39, 0.29) is 30.4 Å². The fraction of sp³-hybridized carbons (Fsp3) is 0.227. The van der Waals surface area contributed by atoms with Crippen LogP contribution in [0.2, 0.25) is 0 Å². The molecular weight excluding hydrogens is 363 g/mol. The zero-order valence-electron chi connectivity index (χ0n) is 14.8. The van der Waals surface area contributed by atoms with E-state index in [0.717, 1.165) is 35.3 Å². The summed E-state index contributed by atoms with van der Waals surface area (Å²) in [6.07, 6.45) is 6.22. The van der Waals surface area contributed by atoms with Gasteiger partial charge in [0.05, 0.1) is 0 Å². The molecule has 0 fully saturated rings. The second kappa shape index (κ2) is 8.51. The van der Waals surface area contributed by atoms with E-state index < -0.39 is 0 Å². The highest BCUT2D eigenvalue weighted by Crippen LogP contribution is 2.29. The number of benzene rings is 2. The Morgan fingerprint density at radius 3 is 2.67 bits per heavy atom. The van der Waals surface area contributed by atoms with Crippen molar-refractivity contribution < 1.29 is 9.13 Å². The van der Waals surface area contributed by atoms with Crippen LogP contribution in [-0.4, -0.2) is 17.1 Å². The van der Waals surface area contributed by atoms with Gasteiger partial charge in [-0.2, -0.15) is 0 Å². The molecule has 2 aromatic carbocycles. The molecule has 3 aromatic rings. The number of nitrogens with two attached hydrogens (primary N) is 1. The third-order valence-electron chi connectivity index (χ3n) is 4.87. The lowest BCUT2D eigenvalue weighted by Gasteiger charge is -2.30. The van der Waals surface area contributed by atoms with E-state index in [1.165, 1.54) is 17.7 Å². The molecule has 2 atom stereocenters. The van der Waals surface area contributed by atoms with Crippen LogP contribution in [0.3, 0.4) is 0 Å². The van der Waals surface area contributed by atoms with Crippen molar-refractivity contribution in [2.24, 2.45) is 5.73 Å². The summed E-state index contributed by atoms with van der Waals surface area (Å²) in [5.41, 5.74) is 10.7. The number of para-hydroxylation sites is 1. The van der Waals surface area contributed by atoms with Crippen LogP contribution in [0, 0.1) is 5.82 Å². The molecule has 2 heterocycles. The van der Waals surface area contributed by atoms with Crippen LogP contribution < -0.4 is 10.5 Å². The predicted octanol–water partition coefficient (Wildman–Crippen LogP) is 4.57. The van der Waals surface area contributed by atoms with Gasteiger partial charge in [0.15, 0.2) is 0 Å². The van der Waals surface area contributed by atoms with Gasteiger partial charge in [-0.25, -0.2) is 4.39 Å². The molecule has 4 rings (SSSR count). The first kappa shape index (κ1) is 19.3. The Hall–Kier alpha value is -2.43. The average Bonchev–Trinajstić information content (AvgIpc) is 2.68. The smallest absolute Gasteiger partial charge is 0.123 e. The maximum atomic E-state index is 13.1. The number of rotatable bonds is 4. The highest BCUT2D eigenvalue weighted by Gasteiger charge is 2.25. The topological polar surface area (TPSA) is 48.1 Å². The SMILES string of the molecule is Cl.NC(Cc1cncc(-c2ccc(F)cc2)c1)[C@@H]1CCc2ccccc2O1. The number of aryl methyl sites for hydroxylation is 1. The van der Waals surface area contributed by atoms with Crippen LogP contribution in [0.1, 0.15) is 17.5 Å². The summed E-state index contributed by atoms with van der Waals surface area (Å²) < 4.78 is 19.2. The van der Waals surface area contributed by atoms with E-state index in [4.69, 9.17) is 10.5 Å². The molecule has 5 heteroatoms. The van der Waals surface area contributed by atoms with E-state index >= 15 is 0 Å². The van der Waals surface area contributed by atoms with Crippen LogP contribution in [0.4, 0.5) is 4.39 Å². The first-order valence-electron chi connectivity index (χ1n) is 8.89. The molecule has 0 saturated carbocycles. The summed E-state index contributed by atoms with van der Waals surface area (Å²) in [7, 11) is 0. The number of pyridine rings is 1. The van der Waals surface area contributed by atoms with Gasteiger partial charge in [-0.15, -0.1) is 12.4 Å². The zero-order valence-corrected chi connectivity index (χ0v) is 15.7. The van der Waals surface area contributed by atoms with Crippen molar-refractivity contribution in [2.75, 3.05) is 0 Å². The molecule has 140 valence electrons. The average molecular weight is 385 g/mol. The monoisotopic (exact) mass is 384 g/mol. The minimum absolute atomic E-state index is 0. The van der Waals surface area contributed by atoms with Crippen LogP contribution in [-0.2, 0) is 12.8 Å². The van der Waals surface area contributed by atoms with E-state index in [1.54, 1.807) is 18.3 Å². The van der Waals surface area contributed by atoms with E-state index in [1.807, 2.05) is 24.4 Å². The van der Waals surface area contributed by atoms with E-state index in [9.17, 15) is 4.39 Å². The van der Waals surface area contributed by atoms with Gasteiger partial charge in [-0.05, 0) is 60.2 Å². The maximum Gasteiger partial charge on any atom is 0.123 e. The van der Waals surface area contributed by atoms with Gasteiger partial charge >= 0.3 is 0 Å². The first-order chi connectivity index (χ1) is 12.7. The van der Waals surface area contributed by atoms with Gasteiger partial charge in [0.1, 0.15) is 17.7 Å². The van der Waals surface area contributed by atoms with Gasteiger partial charge in [0.25, 0.3) is 0 Å². The molecule has 1 aliphatic rings. The number of aromatic nitrogens is 1. The number of nitrogens with zero attached hydrogens (tertiary/aromatic N) is 1. The molecule has 0 radical (unpaired) electrons. The lowest BCUT2D eigenvalue weighted by Crippen LogP contribution is -2.42. The van der Waals surface area contributed by atoms with Crippen molar-refractivity contribution in [2.45, 2.75) is 31.4 Å². The lowest BCUT2D eigenvalue weighted by atomic mass is 9.94. The Bertz CT molecular complexity index is 901. The van der Waals surface area contributed by atoms with Gasteiger partial charge < -0.3 is 10.5 Å².